The Balaban J connectivity index is 1.50. The highest BCUT2D eigenvalue weighted by Crippen LogP contribution is 2.21. The van der Waals surface area contributed by atoms with Crippen LogP contribution < -0.4 is 9.99 Å². The van der Waals surface area contributed by atoms with Gasteiger partial charge in [0.2, 0.25) is 0 Å². The van der Waals surface area contributed by atoms with E-state index < -0.39 is 0 Å². The summed E-state index contributed by atoms with van der Waals surface area (Å²) >= 11 is 4.64. The van der Waals surface area contributed by atoms with Crippen LogP contribution in [0.1, 0.15) is 11.1 Å². The Labute approximate surface area is 203 Å². The van der Waals surface area contributed by atoms with Gasteiger partial charge >= 0.3 is 5.16 Å². The average Bonchev–Trinajstić information content (AvgIpc) is 3.25. The van der Waals surface area contributed by atoms with Crippen LogP contribution >= 0.6 is 27.7 Å². The number of aromatic nitrogens is 3. The first-order valence-corrected chi connectivity index (χ1v) is 11.9. The molecule has 0 saturated heterocycles. The molecule has 3 N–H and O–H groups in total. The maximum atomic E-state index is 12.4. The summed E-state index contributed by atoms with van der Waals surface area (Å²) in [7, 11) is 0. The second kappa shape index (κ2) is 10.5. The van der Waals surface area contributed by atoms with Crippen molar-refractivity contribution in [2.45, 2.75) is 12.1 Å². The third kappa shape index (κ3) is 5.68. The lowest BCUT2D eigenvalue weighted by molar-refractivity contribution is -0.625. The van der Waals surface area contributed by atoms with Crippen LogP contribution in [0.5, 0.6) is 5.75 Å². The Morgan fingerprint density at radius 3 is 2.70 bits per heavy atom. The third-order valence-corrected chi connectivity index (χ3v) is 6.16. The fourth-order valence-corrected chi connectivity index (χ4v) is 4.22. The fourth-order valence-electron chi connectivity index (χ4n) is 3.08. The molecule has 3 aromatic carbocycles. The number of amides is 1. The van der Waals surface area contributed by atoms with E-state index in [1.165, 1.54) is 18.0 Å². The predicted molar refractivity (Wildman–Crippen MR) is 133 cm³/mol. The van der Waals surface area contributed by atoms with Crippen LogP contribution in [-0.4, -0.2) is 33.2 Å². The van der Waals surface area contributed by atoms with Crippen molar-refractivity contribution in [3.05, 3.63) is 88.4 Å². The molecule has 0 fully saturated rings. The second-order valence-electron chi connectivity index (χ2n) is 7.18. The van der Waals surface area contributed by atoms with E-state index in [9.17, 15) is 9.90 Å². The number of aromatic amines is 1. The van der Waals surface area contributed by atoms with Crippen molar-refractivity contribution in [1.29, 1.82) is 0 Å². The molecule has 33 heavy (non-hydrogen) atoms. The molecule has 1 amide bonds. The number of phenolic OH excluding ortho intramolecular Hbond substituents is 1. The van der Waals surface area contributed by atoms with Crippen LogP contribution in [0, 0.1) is 6.92 Å². The number of phenols is 1. The smallest absolute Gasteiger partial charge is 0.342 e. The van der Waals surface area contributed by atoms with E-state index in [1.807, 2.05) is 66.1 Å². The average molecular weight is 523 g/mol. The molecule has 9 heteroatoms. The first kappa shape index (κ1) is 22.8. The summed E-state index contributed by atoms with van der Waals surface area (Å²) in [6.07, 6.45) is 1.40. The molecule has 0 spiro atoms. The van der Waals surface area contributed by atoms with Crippen molar-refractivity contribution in [3.8, 4) is 22.8 Å². The lowest BCUT2D eigenvalue weighted by Gasteiger charge is -2.05. The zero-order valence-corrected chi connectivity index (χ0v) is 20.1. The van der Waals surface area contributed by atoms with Gasteiger partial charge in [0.1, 0.15) is 11.4 Å². The number of aryl methyl sites for hydroxylation is 1. The molecule has 4 rings (SSSR count). The Kier molecular flexibility index (Phi) is 7.21. The van der Waals surface area contributed by atoms with E-state index in [4.69, 9.17) is 0 Å². The van der Waals surface area contributed by atoms with Gasteiger partial charge in [0.25, 0.3) is 11.7 Å². The predicted octanol–water partition coefficient (Wildman–Crippen LogP) is 4.37. The Bertz CT molecular complexity index is 1290. The first-order chi connectivity index (χ1) is 16.0. The number of carbonyl (C=O) groups excluding carboxylic acids is 1. The maximum absolute atomic E-state index is 12.4. The van der Waals surface area contributed by atoms with Gasteiger partial charge < -0.3 is 5.11 Å². The van der Waals surface area contributed by atoms with Gasteiger partial charge in [0, 0.05) is 10.0 Å². The van der Waals surface area contributed by atoms with Crippen LogP contribution in [-0.2, 0) is 4.79 Å². The Morgan fingerprint density at radius 1 is 1.18 bits per heavy atom. The van der Waals surface area contributed by atoms with Crippen LogP contribution in [0.3, 0.4) is 0 Å². The minimum absolute atomic E-state index is 0.0784. The molecule has 0 unspecified atom stereocenters. The third-order valence-electron chi connectivity index (χ3n) is 4.73. The Morgan fingerprint density at radius 2 is 1.94 bits per heavy atom. The lowest BCUT2D eigenvalue weighted by Crippen LogP contribution is -2.34. The molecule has 1 heterocycles. The quantitative estimate of drug-likeness (QED) is 0.145. The molecule has 0 aliphatic carbocycles. The molecule has 4 aromatic rings. The number of nitrogens with zero attached hydrogens (tertiary/aromatic N) is 3. The number of nitrogens with one attached hydrogen (secondary N) is 2. The molecular formula is C24H21BrN5O2S+. The molecule has 0 bridgehead atoms. The number of rotatable bonds is 7. The number of thioether (sulfide) groups is 1. The maximum Gasteiger partial charge on any atom is 0.342 e. The van der Waals surface area contributed by atoms with Gasteiger partial charge in [-0.05, 0) is 61.2 Å². The van der Waals surface area contributed by atoms with E-state index in [0.717, 1.165) is 27.1 Å². The van der Waals surface area contributed by atoms with Crippen molar-refractivity contribution in [2.75, 3.05) is 5.75 Å². The lowest BCUT2D eigenvalue weighted by atomic mass is 10.2. The zero-order chi connectivity index (χ0) is 23.2. The highest BCUT2D eigenvalue weighted by atomic mass is 79.9. The topological polar surface area (TPSA) is 94.2 Å². The van der Waals surface area contributed by atoms with Crippen molar-refractivity contribution in [1.82, 2.24) is 15.6 Å². The number of carbonyl (C=O) groups is 1. The van der Waals surface area contributed by atoms with E-state index in [2.05, 4.69) is 36.7 Å². The summed E-state index contributed by atoms with van der Waals surface area (Å²) < 4.78 is 2.80. The normalized spacial score (nSPS) is 11.1. The van der Waals surface area contributed by atoms with E-state index in [0.29, 0.717) is 10.7 Å². The van der Waals surface area contributed by atoms with Crippen molar-refractivity contribution in [3.63, 3.8) is 0 Å². The number of hydrogen-bond acceptors (Lipinski definition) is 5. The van der Waals surface area contributed by atoms with Crippen molar-refractivity contribution in [2.24, 2.45) is 5.10 Å². The number of hydrogen-bond donors (Lipinski definition) is 3. The zero-order valence-electron chi connectivity index (χ0n) is 17.7. The number of benzene rings is 3. The SMILES string of the molecule is Cc1ccc(-[n+]2c(SCC(=O)NN=Cc3cc(Br)ccc3O)n[nH]c2-c2ccccc2)cc1. The van der Waals surface area contributed by atoms with E-state index in [-0.39, 0.29) is 17.4 Å². The number of aromatic hydroxyl groups is 1. The first-order valence-electron chi connectivity index (χ1n) is 10.1. The van der Waals surface area contributed by atoms with E-state index >= 15 is 0 Å². The molecule has 0 saturated carbocycles. The van der Waals surface area contributed by atoms with Gasteiger partial charge in [-0.15, -0.1) is 5.10 Å². The van der Waals surface area contributed by atoms with Gasteiger partial charge in [-0.1, -0.05) is 51.8 Å². The van der Waals surface area contributed by atoms with E-state index in [1.54, 1.807) is 18.2 Å². The van der Waals surface area contributed by atoms with Crippen LogP contribution in [0.4, 0.5) is 0 Å². The molecule has 0 radical (unpaired) electrons. The molecule has 166 valence electrons. The Hall–Kier alpha value is -3.43. The molecule has 0 aliphatic rings. The summed E-state index contributed by atoms with van der Waals surface area (Å²) in [5.41, 5.74) is 6.07. The summed E-state index contributed by atoms with van der Waals surface area (Å²) in [6.45, 7) is 2.04. The largest absolute Gasteiger partial charge is 0.507 e. The number of hydrazone groups is 1. The summed E-state index contributed by atoms with van der Waals surface area (Å²) in [6, 6.07) is 23.0. The molecule has 0 atom stereocenters. The van der Waals surface area contributed by atoms with Crippen molar-refractivity contribution >= 4 is 39.8 Å². The van der Waals surface area contributed by atoms with Gasteiger partial charge in [0.15, 0.2) is 0 Å². The highest BCUT2D eigenvalue weighted by Gasteiger charge is 2.24. The number of halogens is 1. The molecule has 0 aliphatic heterocycles. The van der Waals surface area contributed by atoms with Crippen LogP contribution in [0.2, 0.25) is 0 Å². The monoisotopic (exact) mass is 522 g/mol. The highest BCUT2D eigenvalue weighted by molar-refractivity contribution is 9.10. The molecule has 7 nitrogen and oxygen atoms in total. The van der Waals surface area contributed by atoms with Crippen molar-refractivity contribution < 1.29 is 14.5 Å². The van der Waals surface area contributed by atoms with Gasteiger partial charge in [-0.25, -0.2) is 5.43 Å². The second-order valence-corrected chi connectivity index (χ2v) is 9.03. The van der Waals surface area contributed by atoms with Crippen LogP contribution in [0.25, 0.3) is 17.1 Å². The summed E-state index contributed by atoms with van der Waals surface area (Å²) in [5.74, 6) is 0.734. The van der Waals surface area contributed by atoms with Gasteiger partial charge in [0.05, 0.1) is 22.6 Å². The summed E-state index contributed by atoms with van der Waals surface area (Å²) in [4.78, 5) is 12.4. The summed E-state index contributed by atoms with van der Waals surface area (Å²) in [5, 5.41) is 22.0. The van der Waals surface area contributed by atoms with Crippen LogP contribution in [0.15, 0.2) is 87.5 Å². The minimum Gasteiger partial charge on any atom is -0.507 e. The minimum atomic E-state index is -0.287. The van der Waals surface area contributed by atoms with Gasteiger partial charge in [-0.2, -0.15) is 9.67 Å². The fraction of sp³-hybridized carbons (Fsp3) is 0.0833. The molecular weight excluding hydrogens is 502 g/mol. The molecule has 1 aromatic heterocycles. The number of H-pyrrole nitrogens is 1. The standard InChI is InChI=1S/C24H20BrN5O2S/c1-16-7-10-20(11-8-16)30-23(17-5-3-2-4-6-17)28-29-24(30)33-15-22(32)27-26-14-18-13-19(25)9-12-21(18)31/h2-14H,15H2,1H3,(H2,26,27,31,32)/p+1. The van der Waals surface area contributed by atoms with Gasteiger partial charge in [-0.3, -0.25) is 4.79 Å².